The summed E-state index contributed by atoms with van der Waals surface area (Å²) in [6, 6.07) is 18.0. The number of rotatable bonds is 11. The van der Waals surface area contributed by atoms with Crippen LogP contribution in [0.25, 0.3) is 11.4 Å². The second kappa shape index (κ2) is 11.4. The molecule has 3 aromatic rings. The summed E-state index contributed by atoms with van der Waals surface area (Å²) in [4.78, 5) is 12.0. The van der Waals surface area contributed by atoms with Crippen LogP contribution in [-0.2, 0) is 22.5 Å². The number of carbonyl (C=O) groups is 1. The van der Waals surface area contributed by atoms with Crippen LogP contribution >= 0.6 is 11.8 Å². The lowest BCUT2D eigenvalue weighted by Gasteiger charge is -2.12. The number of hydrogen-bond donors (Lipinski definition) is 0. The number of nitrogens with zero attached hydrogens (tertiary/aromatic N) is 3. The van der Waals surface area contributed by atoms with Crippen molar-refractivity contribution in [3.05, 3.63) is 60.2 Å². The highest BCUT2D eigenvalue weighted by Crippen LogP contribution is 2.31. The van der Waals surface area contributed by atoms with Crippen molar-refractivity contribution < 1.29 is 14.3 Å². The molecule has 0 aliphatic rings. The average molecular weight is 426 g/mol. The standard InChI is InChI=1S/C23H27N3O3S/c1-3-4-16-29-21(27)17-30-23-25-24-22(19-12-8-9-13-20(19)28-2)26(23)15-14-18-10-6-5-7-11-18/h5-13H,3-4,14-17H2,1-2H3. The Labute approximate surface area is 181 Å². The van der Waals surface area contributed by atoms with Gasteiger partial charge in [0.15, 0.2) is 11.0 Å². The van der Waals surface area contributed by atoms with E-state index in [2.05, 4.69) is 33.8 Å². The van der Waals surface area contributed by atoms with Gasteiger partial charge in [-0.1, -0.05) is 67.6 Å². The topological polar surface area (TPSA) is 66.2 Å². The van der Waals surface area contributed by atoms with Gasteiger partial charge >= 0.3 is 5.97 Å². The van der Waals surface area contributed by atoms with E-state index in [1.54, 1.807) is 7.11 Å². The van der Waals surface area contributed by atoms with Crippen molar-refractivity contribution in [2.24, 2.45) is 0 Å². The van der Waals surface area contributed by atoms with Gasteiger partial charge in [-0.15, -0.1) is 10.2 Å². The van der Waals surface area contributed by atoms with Gasteiger partial charge < -0.3 is 14.0 Å². The summed E-state index contributed by atoms with van der Waals surface area (Å²) in [6.45, 7) is 3.22. The Morgan fingerprint density at radius 2 is 1.83 bits per heavy atom. The summed E-state index contributed by atoms with van der Waals surface area (Å²) in [5.41, 5.74) is 2.10. The first-order valence-corrected chi connectivity index (χ1v) is 11.1. The van der Waals surface area contributed by atoms with Crippen LogP contribution in [-0.4, -0.2) is 40.2 Å². The van der Waals surface area contributed by atoms with Gasteiger partial charge in [-0.2, -0.15) is 0 Å². The maximum Gasteiger partial charge on any atom is 0.316 e. The van der Waals surface area contributed by atoms with Gasteiger partial charge in [-0.25, -0.2) is 0 Å². The Morgan fingerprint density at radius 1 is 1.07 bits per heavy atom. The van der Waals surface area contributed by atoms with Crippen molar-refractivity contribution in [2.45, 2.75) is 37.9 Å². The van der Waals surface area contributed by atoms with Crippen LogP contribution in [0.2, 0.25) is 0 Å². The molecule has 158 valence electrons. The first-order chi connectivity index (χ1) is 14.7. The van der Waals surface area contributed by atoms with E-state index in [9.17, 15) is 4.79 Å². The molecule has 0 radical (unpaired) electrons. The molecule has 0 spiro atoms. The molecule has 0 aliphatic heterocycles. The number of ether oxygens (including phenoxy) is 2. The summed E-state index contributed by atoms with van der Waals surface area (Å²) < 4.78 is 12.8. The smallest absolute Gasteiger partial charge is 0.316 e. The Bertz CT molecular complexity index is 944. The maximum atomic E-state index is 12.0. The summed E-state index contributed by atoms with van der Waals surface area (Å²) >= 11 is 1.35. The number of para-hydroxylation sites is 1. The van der Waals surface area contributed by atoms with Gasteiger partial charge in [-0.05, 0) is 30.5 Å². The van der Waals surface area contributed by atoms with Gasteiger partial charge in [0.05, 0.1) is 25.0 Å². The normalized spacial score (nSPS) is 10.7. The molecule has 0 saturated heterocycles. The summed E-state index contributed by atoms with van der Waals surface area (Å²) in [7, 11) is 1.64. The van der Waals surface area contributed by atoms with Crippen molar-refractivity contribution in [1.82, 2.24) is 14.8 Å². The van der Waals surface area contributed by atoms with E-state index in [4.69, 9.17) is 9.47 Å². The lowest BCUT2D eigenvalue weighted by Crippen LogP contribution is -2.10. The predicted molar refractivity (Wildman–Crippen MR) is 119 cm³/mol. The first-order valence-electron chi connectivity index (χ1n) is 10.1. The Kier molecular flexibility index (Phi) is 8.32. The van der Waals surface area contributed by atoms with Crippen molar-refractivity contribution in [1.29, 1.82) is 0 Å². The second-order valence-electron chi connectivity index (χ2n) is 6.76. The molecular formula is C23H27N3O3S. The molecule has 0 N–H and O–H groups in total. The Balaban J connectivity index is 1.81. The predicted octanol–water partition coefficient (Wildman–Crippen LogP) is 4.63. The average Bonchev–Trinajstić information content (AvgIpc) is 3.19. The number of esters is 1. The third kappa shape index (κ3) is 5.86. The fourth-order valence-corrected chi connectivity index (χ4v) is 3.77. The first kappa shape index (κ1) is 21.9. The van der Waals surface area contributed by atoms with Crippen molar-refractivity contribution in [3.8, 4) is 17.1 Å². The second-order valence-corrected chi connectivity index (χ2v) is 7.70. The van der Waals surface area contributed by atoms with E-state index in [1.165, 1.54) is 17.3 Å². The monoisotopic (exact) mass is 425 g/mol. The fourth-order valence-electron chi connectivity index (χ4n) is 3.01. The highest BCUT2D eigenvalue weighted by atomic mass is 32.2. The SMILES string of the molecule is CCCCOC(=O)CSc1nnc(-c2ccccc2OC)n1CCc1ccccc1. The molecular weight excluding hydrogens is 398 g/mol. The maximum absolute atomic E-state index is 12.0. The van der Waals surface area contributed by atoms with Crippen LogP contribution in [0.15, 0.2) is 59.8 Å². The molecule has 1 aromatic heterocycles. The van der Waals surface area contributed by atoms with Gasteiger partial charge in [-0.3, -0.25) is 4.79 Å². The molecule has 2 aromatic carbocycles. The van der Waals surface area contributed by atoms with E-state index in [1.807, 2.05) is 42.5 Å². The number of unbranched alkanes of at least 4 members (excludes halogenated alkanes) is 1. The quantitative estimate of drug-likeness (QED) is 0.253. The number of hydrogen-bond acceptors (Lipinski definition) is 6. The number of thioether (sulfide) groups is 1. The summed E-state index contributed by atoms with van der Waals surface area (Å²) in [6.07, 6.45) is 2.70. The number of aryl methyl sites for hydroxylation is 1. The van der Waals surface area contributed by atoms with Crippen LogP contribution < -0.4 is 4.74 Å². The minimum absolute atomic E-state index is 0.207. The van der Waals surface area contributed by atoms with E-state index in [0.717, 1.165) is 36.4 Å². The minimum atomic E-state index is -0.232. The number of methoxy groups -OCH3 is 1. The zero-order valence-electron chi connectivity index (χ0n) is 17.4. The highest BCUT2D eigenvalue weighted by molar-refractivity contribution is 7.99. The van der Waals surface area contributed by atoms with Crippen molar-refractivity contribution in [2.75, 3.05) is 19.5 Å². The molecule has 30 heavy (non-hydrogen) atoms. The summed E-state index contributed by atoms with van der Waals surface area (Å²) in [5.74, 6) is 1.44. The highest BCUT2D eigenvalue weighted by Gasteiger charge is 2.18. The van der Waals surface area contributed by atoms with Gasteiger partial charge in [0.1, 0.15) is 5.75 Å². The summed E-state index contributed by atoms with van der Waals surface area (Å²) in [5, 5.41) is 9.48. The molecule has 1 heterocycles. The molecule has 0 unspecified atom stereocenters. The van der Waals surface area contributed by atoms with Crippen LogP contribution in [0, 0.1) is 0 Å². The molecule has 0 amide bonds. The number of carbonyl (C=O) groups excluding carboxylic acids is 1. The van der Waals surface area contributed by atoms with Crippen molar-refractivity contribution >= 4 is 17.7 Å². The van der Waals surface area contributed by atoms with Crippen LogP contribution in [0.3, 0.4) is 0 Å². The third-order valence-electron chi connectivity index (χ3n) is 4.61. The van der Waals surface area contributed by atoms with E-state index >= 15 is 0 Å². The van der Waals surface area contributed by atoms with E-state index in [0.29, 0.717) is 18.3 Å². The lowest BCUT2D eigenvalue weighted by atomic mass is 10.1. The molecule has 7 heteroatoms. The Hall–Kier alpha value is -2.80. The fraction of sp³-hybridized carbons (Fsp3) is 0.348. The zero-order valence-corrected chi connectivity index (χ0v) is 18.2. The molecule has 0 fully saturated rings. The zero-order chi connectivity index (χ0) is 21.2. The lowest BCUT2D eigenvalue weighted by molar-refractivity contribution is -0.140. The molecule has 0 atom stereocenters. The van der Waals surface area contributed by atoms with Crippen LogP contribution in [0.4, 0.5) is 0 Å². The van der Waals surface area contributed by atoms with Crippen molar-refractivity contribution in [3.63, 3.8) is 0 Å². The molecule has 0 bridgehead atoms. The number of aromatic nitrogens is 3. The van der Waals surface area contributed by atoms with Crippen LogP contribution in [0.1, 0.15) is 25.3 Å². The Morgan fingerprint density at radius 3 is 2.60 bits per heavy atom. The van der Waals surface area contributed by atoms with E-state index in [-0.39, 0.29) is 11.7 Å². The molecule has 0 aliphatic carbocycles. The third-order valence-corrected chi connectivity index (χ3v) is 5.55. The van der Waals surface area contributed by atoms with Gasteiger partial charge in [0.2, 0.25) is 0 Å². The van der Waals surface area contributed by atoms with Gasteiger partial charge in [0.25, 0.3) is 0 Å². The molecule has 6 nitrogen and oxygen atoms in total. The molecule has 0 saturated carbocycles. The molecule has 3 rings (SSSR count). The van der Waals surface area contributed by atoms with E-state index < -0.39 is 0 Å². The number of benzene rings is 2. The minimum Gasteiger partial charge on any atom is -0.496 e. The van der Waals surface area contributed by atoms with Crippen LogP contribution in [0.5, 0.6) is 5.75 Å². The largest absolute Gasteiger partial charge is 0.496 e. The van der Waals surface area contributed by atoms with Gasteiger partial charge in [0, 0.05) is 6.54 Å².